The van der Waals surface area contributed by atoms with Crippen LogP contribution in [0, 0.1) is 0 Å². The first kappa shape index (κ1) is 20.5. The van der Waals surface area contributed by atoms with Crippen LogP contribution >= 0.6 is 0 Å². The van der Waals surface area contributed by atoms with Crippen LogP contribution in [0.4, 0.5) is 0 Å². The summed E-state index contributed by atoms with van der Waals surface area (Å²) < 4.78 is 1.78. The molecule has 0 aromatic carbocycles. The van der Waals surface area contributed by atoms with Crippen LogP contribution in [0.3, 0.4) is 0 Å². The SMILES string of the molecule is C[Si](C)(C)[C]1([Si](C)(C)C)CC[C]([Si](C)(C)C)([Si](C)(C)C)[Ge]1. The Hall–Kier alpha value is 1.41. The molecule has 0 saturated carbocycles. The van der Waals surface area contributed by atoms with E-state index >= 15 is 0 Å². The quantitative estimate of drug-likeness (QED) is 0.470. The molecule has 1 aliphatic rings. The van der Waals surface area contributed by atoms with E-state index in [1.807, 2.05) is 0 Å². The van der Waals surface area contributed by atoms with Crippen LogP contribution in [0.15, 0.2) is 0 Å². The van der Waals surface area contributed by atoms with Crippen molar-refractivity contribution in [2.75, 3.05) is 0 Å². The first-order valence-corrected chi connectivity index (χ1v) is 24.8. The molecule has 1 rings (SSSR count). The Bertz CT molecular complexity index is 324. The zero-order valence-electron chi connectivity index (χ0n) is 16.9. The van der Waals surface area contributed by atoms with Crippen LogP contribution in [-0.2, 0) is 0 Å². The summed E-state index contributed by atoms with van der Waals surface area (Å²) in [6.07, 6.45) is 3.24. The molecule has 21 heavy (non-hydrogen) atoms. The molecule has 0 atom stereocenters. The van der Waals surface area contributed by atoms with Gasteiger partial charge in [0.25, 0.3) is 0 Å². The molecule has 1 fully saturated rings. The normalized spacial score (nSPS) is 23.4. The zero-order valence-corrected chi connectivity index (χ0v) is 23.0. The van der Waals surface area contributed by atoms with E-state index in [1.54, 1.807) is 12.8 Å². The molecule has 2 radical (unpaired) electrons. The van der Waals surface area contributed by atoms with Crippen molar-refractivity contribution in [2.45, 2.75) is 98.4 Å². The summed E-state index contributed by atoms with van der Waals surface area (Å²) in [6, 6.07) is 0. The van der Waals surface area contributed by atoms with Gasteiger partial charge in [-0.2, -0.15) is 0 Å². The average molecular weight is 417 g/mol. The Morgan fingerprint density at radius 1 is 0.476 bits per heavy atom. The first-order chi connectivity index (χ1) is 8.91. The maximum absolute atomic E-state index is 2.71. The van der Waals surface area contributed by atoms with Gasteiger partial charge in [0, 0.05) is 0 Å². The molecule has 0 aliphatic carbocycles. The third-order valence-electron chi connectivity index (χ3n) is 6.42. The van der Waals surface area contributed by atoms with Crippen LogP contribution in [0.1, 0.15) is 12.8 Å². The molecule has 1 heterocycles. The predicted octanol–water partition coefficient (Wildman–Crippen LogP) is 6.31. The van der Waals surface area contributed by atoms with Gasteiger partial charge in [0.15, 0.2) is 0 Å². The van der Waals surface area contributed by atoms with Gasteiger partial charge in [0.2, 0.25) is 0 Å². The van der Waals surface area contributed by atoms with Crippen molar-refractivity contribution in [2.24, 2.45) is 0 Å². The number of rotatable bonds is 4. The Kier molecular flexibility index (Phi) is 5.32. The Balaban J connectivity index is 3.49. The van der Waals surface area contributed by atoms with Gasteiger partial charge in [0.05, 0.1) is 0 Å². The zero-order chi connectivity index (χ0) is 17.1. The molecule has 0 amide bonds. The van der Waals surface area contributed by atoms with Crippen LogP contribution in [0.25, 0.3) is 0 Å². The Labute approximate surface area is 145 Å². The van der Waals surface area contributed by atoms with Crippen molar-refractivity contribution >= 4 is 47.7 Å². The van der Waals surface area contributed by atoms with Crippen LogP contribution < -0.4 is 0 Å². The summed E-state index contributed by atoms with van der Waals surface area (Å²) >= 11 is 0.150. The van der Waals surface area contributed by atoms with Crippen LogP contribution in [0.2, 0.25) is 85.6 Å². The molecule has 0 spiro atoms. The molecule has 5 heteroatoms. The van der Waals surface area contributed by atoms with Crippen molar-refractivity contribution in [3.63, 3.8) is 0 Å². The molecular formula is C16H40GeSi4. The third kappa shape index (κ3) is 3.17. The summed E-state index contributed by atoms with van der Waals surface area (Å²) in [4.78, 5) is 0. The molecule has 124 valence electrons. The Morgan fingerprint density at radius 2 is 0.667 bits per heavy atom. The van der Waals surface area contributed by atoms with E-state index in [-0.39, 0.29) is 15.4 Å². The molecule has 1 aliphatic heterocycles. The van der Waals surface area contributed by atoms with E-state index in [0.717, 1.165) is 6.99 Å². The molecule has 0 unspecified atom stereocenters. The molecule has 1 saturated heterocycles. The van der Waals surface area contributed by atoms with Gasteiger partial charge in [-0.05, 0) is 0 Å². The summed E-state index contributed by atoms with van der Waals surface area (Å²) in [6.45, 7) is 32.5. The summed E-state index contributed by atoms with van der Waals surface area (Å²) in [7, 11) is -4.38. The minimum absolute atomic E-state index is 0.150. The van der Waals surface area contributed by atoms with Gasteiger partial charge in [-0.25, -0.2) is 0 Å². The van der Waals surface area contributed by atoms with E-state index in [4.69, 9.17) is 0 Å². The molecule has 0 aromatic heterocycles. The van der Waals surface area contributed by atoms with Crippen LogP contribution in [-0.4, -0.2) is 47.7 Å². The van der Waals surface area contributed by atoms with Gasteiger partial charge in [-0.15, -0.1) is 0 Å². The topological polar surface area (TPSA) is 0 Å². The molecule has 0 aromatic rings. The number of hydrogen-bond acceptors (Lipinski definition) is 0. The van der Waals surface area contributed by atoms with Crippen molar-refractivity contribution in [3.05, 3.63) is 0 Å². The molecule has 0 nitrogen and oxygen atoms in total. The summed E-state index contributed by atoms with van der Waals surface area (Å²) in [5, 5.41) is 0. The van der Waals surface area contributed by atoms with E-state index in [1.165, 1.54) is 0 Å². The van der Waals surface area contributed by atoms with E-state index in [9.17, 15) is 0 Å². The standard InChI is InChI=1S/C16H40GeSi4/c1-18(2,3)15(19(4,5)6)13-14-16(17-15,20(7,8)9)21(10,11)12/h13-14H2,1-12H3. The van der Waals surface area contributed by atoms with E-state index < -0.39 is 32.3 Å². The third-order valence-corrected chi connectivity index (χ3v) is 51.0. The second-order valence-electron chi connectivity index (χ2n) is 11.4. The van der Waals surface area contributed by atoms with Gasteiger partial charge in [-0.3, -0.25) is 0 Å². The second-order valence-corrected chi connectivity index (χ2v) is 42.2. The fourth-order valence-corrected chi connectivity index (χ4v) is 47.4. The Morgan fingerprint density at radius 3 is 0.762 bits per heavy atom. The van der Waals surface area contributed by atoms with Gasteiger partial charge in [-0.1, -0.05) is 0 Å². The van der Waals surface area contributed by atoms with Gasteiger partial charge < -0.3 is 0 Å². The van der Waals surface area contributed by atoms with Crippen LogP contribution in [0.5, 0.6) is 0 Å². The maximum atomic E-state index is 2.71. The average Bonchev–Trinajstić information content (AvgIpc) is 2.54. The number of hydrogen-bond donors (Lipinski definition) is 0. The first-order valence-electron chi connectivity index (χ1n) is 8.71. The van der Waals surface area contributed by atoms with Gasteiger partial charge in [0.1, 0.15) is 0 Å². The van der Waals surface area contributed by atoms with Crippen molar-refractivity contribution in [1.29, 1.82) is 0 Å². The van der Waals surface area contributed by atoms with Crippen molar-refractivity contribution < 1.29 is 0 Å². The predicted molar refractivity (Wildman–Crippen MR) is 114 cm³/mol. The second kappa shape index (κ2) is 5.46. The summed E-state index contributed by atoms with van der Waals surface area (Å²) in [5.74, 6) is 0. The minimum atomic E-state index is -1.09. The van der Waals surface area contributed by atoms with Crippen molar-refractivity contribution in [3.8, 4) is 0 Å². The molecule has 0 bridgehead atoms. The van der Waals surface area contributed by atoms with Gasteiger partial charge >= 0.3 is 146 Å². The fraction of sp³-hybridized carbons (Fsp3) is 1.00. The van der Waals surface area contributed by atoms with E-state index in [0.29, 0.717) is 0 Å². The molecular weight excluding hydrogens is 377 g/mol. The summed E-state index contributed by atoms with van der Waals surface area (Å²) in [5.41, 5.74) is 0. The molecule has 0 N–H and O–H groups in total. The van der Waals surface area contributed by atoms with Crippen molar-refractivity contribution in [1.82, 2.24) is 0 Å². The monoisotopic (exact) mass is 418 g/mol. The fourth-order valence-electron chi connectivity index (χ4n) is 5.36. The van der Waals surface area contributed by atoms with E-state index in [2.05, 4.69) is 78.6 Å².